The number of carbonyl (C=O) groups excluding carboxylic acids is 5. The summed E-state index contributed by atoms with van der Waals surface area (Å²) in [5, 5.41) is -1.01. The molecule has 5 atom stereocenters. The van der Waals surface area contributed by atoms with Gasteiger partial charge < -0.3 is 18.9 Å². The van der Waals surface area contributed by atoms with E-state index in [1.807, 2.05) is 0 Å². The lowest BCUT2D eigenvalue weighted by molar-refractivity contribution is -0.216. The Hall–Kier alpha value is -2.79. The summed E-state index contributed by atoms with van der Waals surface area (Å²) in [4.78, 5) is 61.9. The van der Waals surface area contributed by atoms with Gasteiger partial charge in [0.2, 0.25) is 0 Å². The Bertz CT molecular complexity index is 898. The van der Waals surface area contributed by atoms with Crippen molar-refractivity contribution in [1.29, 1.82) is 0 Å². The first-order valence-corrected chi connectivity index (χ1v) is 10.3. The average molecular weight is 498 g/mol. The van der Waals surface area contributed by atoms with Crippen molar-refractivity contribution >= 4 is 45.7 Å². The van der Waals surface area contributed by atoms with Crippen molar-refractivity contribution in [3.05, 3.63) is 35.4 Å². The zero-order valence-electron chi connectivity index (χ0n) is 16.9. The van der Waals surface area contributed by atoms with Gasteiger partial charge in [0.05, 0.1) is 11.1 Å². The molecule has 10 nitrogen and oxygen atoms in total. The van der Waals surface area contributed by atoms with E-state index < -0.39 is 59.1 Å². The Labute approximate surface area is 185 Å². The minimum absolute atomic E-state index is 0.194. The number of hydrogen-bond acceptors (Lipinski definition) is 9. The topological polar surface area (TPSA) is 126 Å². The highest BCUT2D eigenvalue weighted by atomic mass is 79.9. The number of hydrogen-bond donors (Lipinski definition) is 0. The molecule has 11 heteroatoms. The fraction of sp³-hybridized carbons (Fsp3) is 0.450. The molecule has 2 heterocycles. The summed E-state index contributed by atoms with van der Waals surface area (Å²) >= 11 is 3.30. The molecule has 0 spiro atoms. The van der Waals surface area contributed by atoms with Crippen LogP contribution in [0.3, 0.4) is 0 Å². The summed E-state index contributed by atoms with van der Waals surface area (Å²) in [5.74, 6) is -3.24. The van der Waals surface area contributed by atoms with Gasteiger partial charge in [0.25, 0.3) is 11.8 Å². The maximum absolute atomic E-state index is 13.0. The van der Waals surface area contributed by atoms with Crippen LogP contribution in [0.2, 0.25) is 0 Å². The molecule has 0 saturated carbocycles. The van der Waals surface area contributed by atoms with Gasteiger partial charge in [0.15, 0.2) is 12.2 Å². The average Bonchev–Trinajstić information content (AvgIpc) is 2.93. The van der Waals surface area contributed by atoms with E-state index >= 15 is 0 Å². The Kier molecular flexibility index (Phi) is 6.75. The van der Waals surface area contributed by atoms with Gasteiger partial charge in [0.1, 0.15) is 23.8 Å². The van der Waals surface area contributed by atoms with Gasteiger partial charge in [-0.25, -0.2) is 0 Å². The van der Waals surface area contributed by atoms with Crippen molar-refractivity contribution in [1.82, 2.24) is 4.90 Å². The van der Waals surface area contributed by atoms with Crippen LogP contribution < -0.4 is 0 Å². The van der Waals surface area contributed by atoms with Crippen LogP contribution in [0.5, 0.6) is 0 Å². The smallest absolute Gasteiger partial charge is 0.303 e. The molecule has 0 bridgehead atoms. The first kappa shape index (κ1) is 22.9. The number of esters is 3. The van der Waals surface area contributed by atoms with E-state index in [1.165, 1.54) is 19.1 Å². The zero-order valence-corrected chi connectivity index (χ0v) is 18.5. The Balaban J connectivity index is 2.01. The molecule has 166 valence electrons. The Morgan fingerprint density at radius 2 is 1.45 bits per heavy atom. The molecule has 0 radical (unpaired) electrons. The van der Waals surface area contributed by atoms with Crippen molar-refractivity contribution < 1.29 is 42.9 Å². The number of ether oxygens (including phenoxy) is 4. The normalized spacial score (nSPS) is 27.5. The van der Waals surface area contributed by atoms with Crippen LogP contribution in [0, 0.1) is 0 Å². The maximum atomic E-state index is 13.0. The molecule has 2 amide bonds. The van der Waals surface area contributed by atoms with Gasteiger partial charge in [-0.05, 0) is 12.1 Å². The van der Waals surface area contributed by atoms with Gasteiger partial charge in [0, 0.05) is 20.8 Å². The fourth-order valence-electron chi connectivity index (χ4n) is 3.62. The monoisotopic (exact) mass is 497 g/mol. The molecule has 3 rings (SSSR count). The van der Waals surface area contributed by atoms with Crippen molar-refractivity contribution in [3.8, 4) is 0 Å². The number of rotatable bonds is 5. The van der Waals surface area contributed by atoms with Crippen LogP contribution in [-0.4, -0.2) is 70.6 Å². The maximum Gasteiger partial charge on any atom is 0.303 e. The molecule has 0 N–H and O–H groups in total. The standard InChI is InChI=1S/C20H20BrNO9/c1-9(23)28-8-14-16(29-10(2)24)17(30-11(3)25)15(18(21)31-14)22-19(26)12-6-4-5-7-13(12)20(22)27/h4-7,14-18H,8H2,1-3H3/t14-,15+,16+,17-,18?/m1/s1. The number of imide groups is 1. The molecule has 2 aliphatic rings. The third kappa shape index (κ3) is 4.62. The van der Waals surface area contributed by atoms with Crippen LogP contribution in [0.15, 0.2) is 24.3 Å². The fourth-order valence-corrected chi connectivity index (χ4v) is 4.43. The number of alkyl halides is 1. The van der Waals surface area contributed by atoms with E-state index in [4.69, 9.17) is 18.9 Å². The predicted octanol–water partition coefficient (Wildman–Crippen LogP) is 1.20. The van der Waals surface area contributed by atoms with Gasteiger partial charge >= 0.3 is 17.9 Å². The van der Waals surface area contributed by atoms with Crippen LogP contribution in [0.1, 0.15) is 41.5 Å². The highest BCUT2D eigenvalue weighted by Crippen LogP contribution is 2.36. The molecular formula is C20H20BrNO9. The van der Waals surface area contributed by atoms with E-state index in [9.17, 15) is 24.0 Å². The minimum Gasteiger partial charge on any atom is -0.463 e. The zero-order chi connectivity index (χ0) is 22.9. The van der Waals surface area contributed by atoms with Crippen LogP contribution in [0.4, 0.5) is 0 Å². The first-order chi connectivity index (χ1) is 14.6. The SMILES string of the molecule is CC(=O)OC[C@H]1OC(Br)[C@@H](N2C(=O)c3ccccc3C2=O)[C@@H](OC(C)=O)[C@H]1OC(C)=O. The summed E-state index contributed by atoms with van der Waals surface area (Å²) in [5.41, 5.74) is 0.389. The van der Waals surface area contributed by atoms with Crippen LogP contribution in [0.25, 0.3) is 0 Å². The van der Waals surface area contributed by atoms with Crippen molar-refractivity contribution in [3.63, 3.8) is 0 Å². The number of fused-ring (bicyclic) bond motifs is 1. The molecular weight excluding hydrogens is 478 g/mol. The largest absolute Gasteiger partial charge is 0.463 e. The van der Waals surface area contributed by atoms with Crippen LogP contribution in [-0.2, 0) is 33.3 Å². The summed E-state index contributed by atoms with van der Waals surface area (Å²) < 4.78 is 21.5. The van der Waals surface area contributed by atoms with Crippen molar-refractivity contribution in [2.75, 3.05) is 6.61 Å². The van der Waals surface area contributed by atoms with E-state index in [0.29, 0.717) is 0 Å². The minimum atomic E-state index is -1.28. The summed E-state index contributed by atoms with van der Waals surface area (Å²) in [6, 6.07) is 5.11. The number of carbonyl (C=O) groups is 5. The molecule has 1 aromatic rings. The predicted molar refractivity (Wildman–Crippen MR) is 106 cm³/mol. The third-order valence-corrected chi connectivity index (χ3v) is 5.54. The van der Waals surface area contributed by atoms with E-state index in [1.54, 1.807) is 12.1 Å². The van der Waals surface area contributed by atoms with E-state index in [-0.39, 0.29) is 17.7 Å². The number of amides is 2. The number of nitrogens with zero attached hydrogens (tertiary/aromatic N) is 1. The molecule has 1 fully saturated rings. The van der Waals surface area contributed by atoms with Crippen molar-refractivity contribution in [2.24, 2.45) is 0 Å². The second kappa shape index (κ2) is 9.15. The van der Waals surface area contributed by atoms with E-state index in [0.717, 1.165) is 18.7 Å². The molecule has 31 heavy (non-hydrogen) atoms. The highest BCUT2D eigenvalue weighted by Gasteiger charge is 2.56. The lowest BCUT2D eigenvalue weighted by Gasteiger charge is -2.45. The number of halogens is 1. The summed E-state index contributed by atoms with van der Waals surface area (Å²) in [6.45, 7) is 3.18. The second-order valence-corrected chi connectivity index (χ2v) is 7.90. The lowest BCUT2D eigenvalue weighted by atomic mass is 9.96. The highest BCUT2D eigenvalue weighted by molar-refractivity contribution is 9.09. The molecule has 0 aliphatic carbocycles. The molecule has 2 aliphatic heterocycles. The summed E-state index contributed by atoms with van der Waals surface area (Å²) in [7, 11) is 0. The van der Waals surface area contributed by atoms with Crippen LogP contribution >= 0.6 is 15.9 Å². The van der Waals surface area contributed by atoms with Gasteiger partial charge in [-0.3, -0.25) is 28.9 Å². The molecule has 0 aromatic heterocycles. The first-order valence-electron chi connectivity index (χ1n) is 9.36. The Morgan fingerprint density at radius 3 is 1.94 bits per heavy atom. The molecule has 1 saturated heterocycles. The second-order valence-electron chi connectivity index (χ2n) is 6.99. The molecule has 1 aromatic carbocycles. The third-order valence-electron chi connectivity index (χ3n) is 4.78. The van der Waals surface area contributed by atoms with Crippen molar-refractivity contribution in [2.45, 2.75) is 50.1 Å². The lowest BCUT2D eigenvalue weighted by Crippen LogP contribution is -2.65. The van der Waals surface area contributed by atoms with Gasteiger partial charge in [-0.1, -0.05) is 28.1 Å². The van der Waals surface area contributed by atoms with Gasteiger partial charge in [-0.2, -0.15) is 0 Å². The summed E-state index contributed by atoms with van der Waals surface area (Å²) in [6.07, 6.45) is -3.54. The van der Waals surface area contributed by atoms with E-state index in [2.05, 4.69) is 15.9 Å². The quantitative estimate of drug-likeness (QED) is 0.255. The Morgan fingerprint density at radius 1 is 0.935 bits per heavy atom. The number of benzene rings is 1. The van der Waals surface area contributed by atoms with Gasteiger partial charge in [-0.15, -0.1) is 0 Å². The molecule has 1 unspecified atom stereocenters.